The minimum atomic E-state index is 0.752. The van der Waals surface area contributed by atoms with E-state index in [4.69, 9.17) is 11.6 Å². The van der Waals surface area contributed by atoms with Crippen molar-refractivity contribution < 1.29 is 0 Å². The van der Waals surface area contributed by atoms with Gasteiger partial charge in [-0.15, -0.1) is 0 Å². The number of anilines is 1. The molecule has 0 atom stereocenters. The highest BCUT2D eigenvalue weighted by molar-refractivity contribution is 6.30. The van der Waals surface area contributed by atoms with Crippen LogP contribution in [0.4, 0.5) is 5.69 Å². The van der Waals surface area contributed by atoms with Gasteiger partial charge in [0.25, 0.3) is 0 Å². The second-order valence-electron chi connectivity index (χ2n) is 5.75. The predicted molar refractivity (Wildman–Crippen MR) is 77.3 cm³/mol. The molecule has 3 rings (SSSR count). The molecule has 0 aliphatic heterocycles. The minimum absolute atomic E-state index is 0.752. The fourth-order valence-corrected chi connectivity index (χ4v) is 2.54. The molecular weight excluding hydrogens is 244 g/mol. The van der Waals surface area contributed by atoms with Gasteiger partial charge in [0.15, 0.2) is 0 Å². The summed E-state index contributed by atoms with van der Waals surface area (Å²) in [4.78, 5) is 2.37. The monoisotopic (exact) mass is 264 g/mol. The van der Waals surface area contributed by atoms with E-state index in [0.717, 1.165) is 30.1 Å². The zero-order chi connectivity index (χ0) is 12.5. The predicted octanol–water partition coefficient (Wildman–Crippen LogP) is 3.44. The Balaban J connectivity index is 1.72. The molecule has 1 aromatic rings. The Bertz CT molecular complexity index is 425. The van der Waals surface area contributed by atoms with Crippen molar-refractivity contribution in [1.29, 1.82) is 0 Å². The highest BCUT2D eigenvalue weighted by Crippen LogP contribution is 2.33. The van der Waals surface area contributed by atoms with Gasteiger partial charge in [-0.2, -0.15) is 0 Å². The Labute approximate surface area is 114 Å². The Morgan fingerprint density at radius 2 is 2.06 bits per heavy atom. The lowest BCUT2D eigenvalue weighted by molar-refractivity contribution is 0.683. The van der Waals surface area contributed by atoms with E-state index in [1.54, 1.807) is 0 Å². The van der Waals surface area contributed by atoms with Crippen LogP contribution in [0.3, 0.4) is 0 Å². The smallest absolute Gasteiger partial charge is 0.0426 e. The largest absolute Gasteiger partial charge is 0.374 e. The maximum absolute atomic E-state index is 6.14. The molecule has 1 N–H and O–H groups in total. The SMILES string of the molecule is CN(CC1CC1)c1cc(Cl)ccc1CNC1CC1. The van der Waals surface area contributed by atoms with Crippen LogP contribution in [0, 0.1) is 5.92 Å². The van der Waals surface area contributed by atoms with Gasteiger partial charge in [0.2, 0.25) is 0 Å². The van der Waals surface area contributed by atoms with Crippen molar-refractivity contribution in [1.82, 2.24) is 5.32 Å². The molecule has 2 aliphatic carbocycles. The second-order valence-corrected chi connectivity index (χ2v) is 6.19. The van der Waals surface area contributed by atoms with Crippen LogP contribution >= 0.6 is 11.6 Å². The molecule has 0 aromatic heterocycles. The first-order chi connectivity index (χ1) is 8.72. The number of nitrogens with zero attached hydrogens (tertiary/aromatic N) is 1. The topological polar surface area (TPSA) is 15.3 Å². The lowest BCUT2D eigenvalue weighted by atomic mass is 10.1. The fraction of sp³-hybridized carbons (Fsp3) is 0.600. The maximum atomic E-state index is 6.14. The molecule has 0 radical (unpaired) electrons. The van der Waals surface area contributed by atoms with Crippen molar-refractivity contribution in [3.05, 3.63) is 28.8 Å². The number of benzene rings is 1. The third-order valence-corrected chi connectivity index (χ3v) is 4.08. The zero-order valence-electron chi connectivity index (χ0n) is 11.0. The molecule has 2 nitrogen and oxygen atoms in total. The standard InChI is InChI=1S/C15H21ClN2/c1-18(10-11-2-3-11)15-8-13(16)5-4-12(15)9-17-14-6-7-14/h4-5,8,11,14,17H,2-3,6-7,9-10H2,1H3. The second kappa shape index (κ2) is 5.10. The molecule has 0 saturated heterocycles. The third kappa shape index (κ3) is 3.18. The molecule has 0 bridgehead atoms. The minimum Gasteiger partial charge on any atom is -0.374 e. The van der Waals surface area contributed by atoms with E-state index in [1.165, 1.54) is 36.9 Å². The quantitative estimate of drug-likeness (QED) is 0.847. The number of hydrogen-bond donors (Lipinski definition) is 1. The molecule has 2 fully saturated rings. The molecule has 2 aliphatic rings. The molecule has 18 heavy (non-hydrogen) atoms. The number of rotatable bonds is 6. The lowest BCUT2D eigenvalue weighted by Crippen LogP contribution is -2.23. The Morgan fingerprint density at radius 3 is 2.72 bits per heavy atom. The molecule has 0 heterocycles. The van der Waals surface area contributed by atoms with Crippen molar-refractivity contribution in [2.45, 2.75) is 38.3 Å². The van der Waals surface area contributed by atoms with Crippen molar-refractivity contribution in [2.24, 2.45) is 5.92 Å². The highest BCUT2D eigenvalue weighted by Gasteiger charge is 2.24. The maximum Gasteiger partial charge on any atom is 0.0426 e. The summed E-state index contributed by atoms with van der Waals surface area (Å²) in [7, 11) is 2.19. The first kappa shape index (κ1) is 12.3. The fourth-order valence-electron chi connectivity index (χ4n) is 2.37. The molecule has 0 spiro atoms. The van der Waals surface area contributed by atoms with E-state index in [0.29, 0.717) is 0 Å². The van der Waals surface area contributed by atoms with Crippen molar-refractivity contribution >= 4 is 17.3 Å². The number of hydrogen-bond acceptors (Lipinski definition) is 2. The molecule has 0 unspecified atom stereocenters. The molecular formula is C15H21ClN2. The first-order valence-electron chi connectivity index (χ1n) is 6.95. The van der Waals surface area contributed by atoms with E-state index in [9.17, 15) is 0 Å². The zero-order valence-corrected chi connectivity index (χ0v) is 11.7. The summed E-state index contributed by atoms with van der Waals surface area (Å²) in [6.45, 7) is 2.13. The van der Waals surface area contributed by atoms with Crippen LogP contribution in [0.15, 0.2) is 18.2 Å². The van der Waals surface area contributed by atoms with E-state index >= 15 is 0 Å². The first-order valence-corrected chi connectivity index (χ1v) is 7.33. The van der Waals surface area contributed by atoms with E-state index < -0.39 is 0 Å². The van der Waals surface area contributed by atoms with Crippen LogP contribution in [-0.2, 0) is 6.54 Å². The van der Waals surface area contributed by atoms with Crippen molar-refractivity contribution in [3.8, 4) is 0 Å². The molecule has 1 aromatic carbocycles. The van der Waals surface area contributed by atoms with Gasteiger partial charge in [0.05, 0.1) is 0 Å². The van der Waals surface area contributed by atoms with Gasteiger partial charge >= 0.3 is 0 Å². The van der Waals surface area contributed by atoms with Gasteiger partial charge in [0.1, 0.15) is 0 Å². The highest BCUT2D eigenvalue weighted by atomic mass is 35.5. The molecule has 0 amide bonds. The average molecular weight is 265 g/mol. The summed E-state index contributed by atoms with van der Waals surface area (Å²) in [5.74, 6) is 0.901. The van der Waals surface area contributed by atoms with E-state index in [2.05, 4.69) is 29.4 Å². The van der Waals surface area contributed by atoms with Crippen LogP contribution < -0.4 is 10.2 Å². The van der Waals surface area contributed by atoms with Gasteiger partial charge in [-0.05, 0) is 49.3 Å². The van der Waals surface area contributed by atoms with Crippen LogP contribution in [0.2, 0.25) is 5.02 Å². The lowest BCUT2D eigenvalue weighted by Gasteiger charge is -2.23. The summed E-state index contributed by atoms with van der Waals surface area (Å²) >= 11 is 6.14. The third-order valence-electron chi connectivity index (χ3n) is 3.85. The van der Waals surface area contributed by atoms with Gasteiger partial charge in [-0.1, -0.05) is 17.7 Å². The van der Waals surface area contributed by atoms with E-state index in [-0.39, 0.29) is 0 Å². The number of nitrogens with one attached hydrogen (secondary N) is 1. The number of halogens is 1. The van der Waals surface area contributed by atoms with Crippen LogP contribution in [0.5, 0.6) is 0 Å². The summed E-state index contributed by atoms with van der Waals surface area (Å²) in [5.41, 5.74) is 2.66. The van der Waals surface area contributed by atoms with Crippen molar-refractivity contribution in [3.63, 3.8) is 0 Å². The van der Waals surface area contributed by atoms with Gasteiger partial charge in [-0.3, -0.25) is 0 Å². The molecule has 98 valence electrons. The Kier molecular flexibility index (Phi) is 3.49. The van der Waals surface area contributed by atoms with Gasteiger partial charge in [0, 0.05) is 36.9 Å². The van der Waals surface area contributed by atoms with Crippen LogP contribution in [0.25, 0.3) is 0 Å². The van der Waals surface area contributed by atoms with Crippen LogP contribution in [-0.4, -0.2) is 19.6 Å². The molecule has 3 heteroatoms. The van der Waals surface area contributed by atoms with Crippen LogP contribution in [0.1, 0.15) is 31.2 Å². The average Bonchev–Trinajstić information content (AvgIpc) is 3.22. The summed E-state index contributed by atoms with van der Waals surface area (Å²) in [6.07, 6.45) is 5.45. The molecule has 2 saturated carbocycles. The Morgan fingerprint density at radius 1 is 1.28 bits per heavy atom. The summed E-state index contributed by atoms with van der Waals surface area (Å²) in [5, 5.41) is 4.42. The van der Waals surface area contributed by atoms with Gasteiger partial charge < -0.3 is 10.2 Å². The summed E-state index contributed by atoms with van der Waals surface area (Å²) < 4.78 is 0. The van der Waals surface area contributed by atoms with E-state index in [1.807, 2.05) is 6.07 Å². The van der Waals surface area contributed by atoms with Crippen molar-refractivity contribution in [2.75, 3.05) is 18.5 Å². The van der Waals surface area contributed by atoms with Gasteiger partial charge in [-0.25, -0.2) is 0 Å². The normalized spacial score (nSPS) is 19.0. The summed E-state index contributed by atoms with van der Waals surface area (Å²) in [6, 6.07) is 7.02. The Hall–Kier alpha value is -0.730.